The maximum absolute atomic E-state index is 13.6. The van der Waals surface area contributed by atoms with E-state index in [-0.39, 0.29) is 53.5 Å². The van der Waals surface area contributed by atoms with Crippen LogP contribution in [0.1, 0.15) is 59.9 Å². The number of carbonyl (C=O) groups excluding carboxylic acids is 1. The van der Waals surface area contributed by atoms with E-state index in [4.69, 9.17) is 5.11 Å². The Hall–Kier alpha value is -2.82. The number of carboxylic acid groups (broad SMARTS) is 1. The molecule has 0 radical (unpaired) electrons. The molecule has 0 saturated heterocycles. The van der Waals surface area contributed by atoms with E-state index in [2.05, 4.69) is 5.10 Å². The molecule has 0 fully saturated rings. The summed E-state index contributed by atoms with van der Waals surface area (Å²) < 4.78 is 15.1. The standard InChI is InChI=1S/C28H32FN3O5.Na.H/c1-18(2)26-24(14-13-22(33)15-23(34)16-25(35)36)32(21-11-9-20(29)10-12-21)30-27(26)28(37)31(3)17-19-7-5-4-6-8-19;;/h4-14,18,22-23,33-34H,15-17H2,1-3H3,(H,35,36);;/b14-13+;;/t22-,23+;;/m0../s1. The third kappa shape index (κ3) is 8.34. The normalized spacial score (nSPS) is 12.8. The van der Waals surface area contributed by atoms with Gasteiger partial charge in [-0.2, -0.15) is 5.10 Å². The van der Waals surface area contributed by atoms with Crippen LogP contribution in [0.4, 0.5) is 4.39 Å². The van der Waals surface area contributed by atoms with Crippen molar-refractivity contribution in [3.63, 3.8) is 0 Å². The average molecular weight is 534 g/mol. The number of aliphatic carboxylic acids is 1. The van der Waals surface area contributed by atoms with E-state index in [1.165, 1.54) is 22.9 Å². The van der Waals surface area contributed by atoms with Gasteiger partial charge in [0.05, 0.1) is 30.0 Å². The molecule has 0 saturated carbocycles. The van der Waals surface area contributed by atoms with Crippen molar-refractivity contribution in [2.24, 2.45) is 0 Å². The molecule has 38 heavy (non-hydrogen) atoms. The molecule has 0 spiro atoms. The van der Waals surface area contributed by atoms with Crippen LogP contribution < -0.4 is 0 Å². The topological polar surface area (TPSA) is 116 Å². The molecule has 1 heterocycles. The van der Waals surface area contributed by atoms with Gasteiger partial charge in [-0.1, -0.05) is 50.3 Å². The Labute approximate surface area is 243 Å². The molecule has 10 heteroatoms. The molecule has 2 aromatic carbocycles. The molecular weight excluding hydrogens is 500 g/mol. The first-order valence-electron chi connectivity index (χ1n) is 12.0. The Balaban J connectivity index is 0.00000507. The van der Waals surface area contributed by atoms with Gasteiger partial charge in [-0.15, -0.1) is 0 Å². The van der Waals surface area contributed by atoms with Gasteiger partial charge in [0.2, 0.25) is 0 Å². The first kappa shape index (κ1) is 31.4. The van der Waals surface area contributed by atoms with Gasteiger partial charge in [0.25, 0.3) is 5.91 Å². The number of aliphatic hydroxyl groups excluding tert-OH is 2. The summed E-state index contributed by atoms with van der Waals surface area (Å²) in [5, 5.41) is 33.7. The van der Waals surface area contributed by atoms with Crippen LogP contribution in [0.25, 0.3) is 11.8 Å². The van der Waals surface area contributed by atoms with Gasteiger partial charge < -0.3 is 20.2 Å². The zero-order valence-electron chi connectivity index (χ0n) is 21.1. The van der Waals surface area contributed by atoms with Crippen LogP contribution in [0, 0.1) is 5.82 Å². The summed E-state index contributed by atoms with van der Waals surface area (Å²) in [6, 6.07) is 15.2. The first-order valence-corrected chi connectivity index (χ1v) is 12.0. The van der Waals surface area contributed by atoms with E-state index in [9.17, 15) is 24.2 Å². The monoisotopic (exact) mass is 533 g/mol. The molecule has 2 atom stereocenters. The van der Waals surface area contributed by atoms with Gasteiger partial charge >= 0.3 is 35.5 Å². The number of carboxylic acids is 1. The van der Waals surface area contributed by atoms with Gasteiger partial charge in [-0.05, 0) is 41.8 Å². The predicted octanol–water partition coefficient (Wildman–Crippen LogP) is 3.36. The quantitative estimate of drug-likeness (QED) is 0.326. The number of carbonyl (C=O) groups is 2. The molecule has 0 aliphatic carbocycles. The molecule has 3 N–H and O–H groups in total. The van der Waals surface area contributed by atoms with Crippen molar-refractivity contribution in [3.8, 4) is 5.69 Å². The van der Waals surface area contributed by atoms with E-state index >= 15 is 0 Å². The van der Waals surface area contributed by atoms with Crippen LogP contribution >= 0.6 is 0 Å². The third-order valence-electron chi connectivity index (χ3n) is 5.82. The molecule has 0 bridgehead atoms. The minimum absolute atomic E-state index is 0. The molecule has 0 unspecified atom stereocenters. The second kappa shape index (κ2) is 14.4. The van der Waals surface area contributed by atoms with E-state index in [1.807, 2.05) is 44.2 Å². The summed E-state index contributed by atoms with van der Waals surface area (Å²) in [5.74, 6) is -2.00. The number of aliphatic hydroxyl groups is 2. The van der Waals surface area contributed by atoms with Gasteiger partial charge in [0.15, 0.2) is 5.69 Å². The first-order chi connectivity index (χ1) is 17.6. The molecule has 198 valence electrons. The number of hydrogen-bond donors (Lipinski definition) is 3. The van der Waals surface area contributed by atoms with E-state index in [1.54, 1.807) is 30.2 Å². The van der Waals surface area contributed by atoms with Crippen LogP contribution in [-0.2, 0) is 11.3 Å². The van der Waals surface area contributed by atoms with Crippen molar-refractivity contribution >= 4 is 47.5 Å². The van der Waals surface area contributed by atoms with E-state index in [0.717, 1.165) is 5.56 Å². The van der Waals surface area contributed by atoms with Crippen LogP contribution in [0.5, 0.6) is 0 Å². The second-order valence-electron chi connectivity index (χ2n) is 9.25. The number of benzene rings is 2. The molecule has 1 aromatic heterocycles. The minimum atomic E-state index is -1.22. The fourth-order valence-corrected chi connectivity index (χ4v) is 4.06. The molecule has 8 nitrogen and oxygen atoms in total. The maximum atomic E-state index is 13.6. The van der Waals surface area contributed by atoms with E-state index in [0.29, 0.717) is 23.5 Å². The fraction of sp³-hybridized carbons (Fsp3) is 0.321. The average Bonchev–Trinajstić information content (AvgIpc) is 3.22. The molecule has 0 aliphatic rings. The summed E-state index contributed by atoms with van der Waals surface area (Å²) >= 11 is 0. The fourth-order valence-electron chi connectivity index (χ4n) is 4.06. The number of amides is 1. The van der Waals surface area contributed by atoms with Gasteiger partial charge in [0, 0.05) is 25.6 Å². The predicted molar refractivity (Wildman–Crippen MR) is 145 cm³/mol. The Kier molecular flexibility index (Phi) is 11.9. The summed E-state index contributed by atoms with van der Waals surface area (Å²) in [4.78, 5) is 25.9. The van der Waals surface area contributed by atoms with Crippen LogP contribution in [0.3, 0.4) is 0 Å². The van der Waals surface area contributed by atoms with Crippen LogP contribution in [-0.4, -0.2) is 90.7 Å². The number of aromatic nitrogens is 2. The van der Waals surface area contributed by atoms with Crippen molar-refractivity contribution in [1.82, 2.24) is 14.7 Å². The van der Waals surface area contributed by atoms with Gasteiger partial charge in [-0.25, -0.2) is 9.07 Å². The van der Waals surface area contributed by atoms with Gasteiger partial charge in [0.1, 0.15) is 5.82 Å². The summed E-state index contributed by atoms with van der Waals surface area (Å²) in [5.41, 5.74) is 2.88. The van der Waals surface area contributed by atoms with Crippen molar-refractivity contribution in [2.75, 3.05) is 7.05 Å². The Morgan fingerprint density at radius 2 is 1.71 bits per heavy atom. The second-order valence-corrected chi connectivity index (χ2v) is 9.25. The van der Waals surface area contributed by atoms with Crippen molar-refractivity contribution in [3.05, 3.63) is 89.0 Å². The number of rotatable bonds is 11. The van der Waals surface area contributed by atoms with E-state index < -0.39 is 30.4 Å². The number of nitrogens with zero attached hydrogens (tertiary/aromatic N) is 3. The molecule has 3 rings (SSSR count). The van der Waals surface area contributed by atoms with Crippen molar-refractivity contribution < 1.29 is 29.3 Å². The Morgan fingerprint density at radius 3 is 2.29 bits per heavy atom. The van der Waals surface area contributed by atoms with Crippen molar-refractivity contribution in [1.29, 1.82) is 0 Å². The van der Waals surface area contributed by atoms with Crippen molar-refractivity contribution in [2.45, 2.75) is 51.4 Å². The van der Waals surface area contributed by atoms with Crippen LogP contribution in [0.15, 0.2) is 60.7 Å². The Morgan fingerprint density at radius 1 is 1.08 bits per heavy atom. The zero-order chi connectivity index (χ0) is 27.1. The number of hydrogen-bond acceptors (Lipinski definition) is 5. The summed E-state index contributed by atoms with van der Waals surface area (Å²) in [6.45, 7) is 4.22. The van der Waals surface area contributed by atoms with Gasteiger partial charge in [-0.3, -0.25) is 9.59 Å². The zero-order valence-corrected chi connectivity index (χ0v) is 21.1. The summed E-state index contributed by atoms with van der Waals surface area (Å²) in [7, 11) is 1.69. The summed E-state index contributed by atoms with van der Waals surface area (Å²) in [6.07, 6.45) is 0.0182. The molecule has 0 aliphatic heterocycles. The SMILES string of the molecule is CC(C)c1c(C(=O)N(C)Cc2ccccc2)nn(-c2ccc(F)cc2)c1/C=C/[C@H](O)C[C@@H](O)CC(=O)O.[NaH]. The molecule has 3 aromatic rings. The third-order valence-corrected chi connectivity index (χ3v) is 5.82. The Bertz CT molecular complexity index is 1250. The van der Waals surface area contributed by atoms with Crippen LogP contribution in [0.2, 0.25) is 0 Å². The molecule has 1 amide bonds. The number of halogens is 1. The molecular formula is C28H33FN3NaO5.